The predicted octanol–water partition coefficient (Wildman–Crippen LogP) is 0.900. The monoisotopic (exact) mass is 308 g/mol. The largest absolute Gasteiger partial charge is 0.496 e. The normalized spacial score (nSPS) is 9.92. The molecule has 0 aliphatic heterocycles. The van der Waals surface area contributed by atoms with Crippen LogP contribution in [-0.4, -0.2) is 24.3 Å². The highest BCUT2D eigenvalue weighted by Gasteiger charge is 2.17. The fraction of sp³-hybridized carbons (Fsp3) is 0.143. The molecule has 0 aromatic heterocycles. The summed E-state index contributed by atoms with van der Waals surface area (Å²) in [6.07, 6.45) is 0. The van der Waals surface area contributed by atoms with Crippen molar-refractivity contribution >= 4 is 44.4 Å². The number of halogens is 2. The third-order valence-electron chi connectivity index (χ3n) is 1.55. The molecule has 1 rings (SSSR count). The van der Waals surface area contributed by atoms with Gasteiger partial charge in [0.2, 0.25) is 0 Å². The molecular weight excluding hydrogens is 303 g/mol. The van der Waals surface area contributed by atoms with Gasteiger partial charge in [-0.2, -0.15) is 0 Å². The second kappa shape index (κ2) is 4.46. The van der Waals surface area contributed by atoms with E-state index in [0.29, 0.717) is 15.7 Å². The maximum absolute atomic E-state index is 8.97. The molecule has 0 saturated carbocycles. The minimum Gasteiger partial charge on any atom is -0.496 e. The van der Waals surface area contributed by atoms with E-state index in [1.807, 2.05) is 0 Å². The average Bonchev–Trinajstić information content (AvgIpc) is 2.03. The SMILES string of the molecule is COc1cc(B(O)O)c(Br)cc1Br. The Labute approximate surface area is 93.1 Å². The number of ether oxygens (including phenoxy) is 1. The van der Waals surface area contributed by atoms with Crippen LogP contribution in [0, 0.1) is 0 Å². The summed E-state index contributed by atoms with van der Waals surface area (Å²) in [6, 6.07) is 3.26. The molecule has 0 saturated heterocycles. The lowest BCUT2D eigenvalue weighted by molar-refractivity contribution is 0.409. The summed E-state index contributed by atoms with van der Waals surface area (Å²) in [4.78, 5) is 0. The average molecular weight is 310 g/mol. The van der Waals surface area contributed by atoms with Crippen LogP contribution < -0.4 is 10.2 Å². The lowest BCUT2D eigenvalue weighted by atomic mass is 9.80. The van der Waals surface area contributed by atoms with Crippen molar-refractivity contribution in [3.8, 4) is 5.75 Å². The quantitative estimate of drug-likeness (QED) is 0.798. The van der Waals surface area contributed by atoms with Crippen LogP contribution in [0.5, 0.6) is 5.75 Å². The summed E-state index contributed by atoms with van der Waals surface area (Å²) in [5.74, 6) is 0.561. The number of benzene rings is 1. The van der Waals surface area contributed by atoms with Crippen molar-refractivity contribution in [2.45, 2.75) is 0 Å². The van der Waals surface area contributed by atoms with Crippen LogP contribution in [0.4, 0.5) is 0 Å². The summed E-state index contributed by atoms with van der Waals surface area (Å²) >= 11 is 6.48. The first kappa shape index (κ1) is 11.0. The molecule has 0 aliphatic carbocycles. The predicted molar refractivity (Wildman–Crippen MR) is 58.2 cm³/mol. The Morgan fingerprint density at radius 1 is 1.23 bits per heavy atom. The fourth-order valence-corrected chi connectivity index (χ4v) is 2.26. The van der Waals surface area contributed by atoms with Crippen LogP contribution in [0.15, 0.2) is 21.1 Å². The highest BCUT2D eigenvalue weighted by atomic mass is 79.9. The van der Waals surface area contributed by atoms with Crippen LogP contribution >= 0.6 is 31.9 Å². The molecule has 0 amide bonds. The molecule has 1 aromatic carbocycles. The topological polar surface area (TPSA) is 49.7 Å². The van der Waals surface area contributed by atoms with Gasteiger partial charge in [-0.3, -0.25) is 0 Å². The minimum absolute atomic E-state index is 0.375. The standard InChI is InChI=1S/C7H7BBr2O3/c1-13-7-2-4(8(11)12)5(9)3-6(7)10/h2-3,11-12H,1H3. The Bertz CT molecular complexity index is 317. The summed E-state index contributed by atoms with van der Waals surface area (Å²) in [5, 5.41) is 17.9. The molecule has 0 heterocycles. The van der Waals surface area contributed by atoms with Gasteiger partial charge < -0.3 is 14.8 Å². The lowest BCUT2D eigenvalue weighted by Gasteiger charge is -2.08. The molecule has 0 spiro atoms. The van der Waals surface area contributed by atoms with Crippen molar-refractivity contribution in [2.75, 3.05) is 7.11 Å². The molecule has 0 fully saturated rings. The van der Waals surface area contributed by atoms with Gasteiger partial charge in [0.25, 0.3) is 0 Å². The van der Waals surface area contributed by atoms with Crippen LogP contribution in [0.1, 0.15) is 0 Å². The van der Waals surface area contributed by atoms with Gasteiger partial charge in [0.1, 0.15) is 5.75 Å². The van der Waals surface area contributed by atoms with Gasteiger partial charge >= 0.3 is 7.12 Å². The summed E-state index contributed by atoms with van der Waals surface area (Å²) in [5.41, 5.74) is 0.375. The van der Waals surface area contributed by atoms with Gasteiger partial charge in [-0.1, -0.05) is 15.9 Å². The lowest BCUT2D eigenvalue weighted by Crippen LogP contribution is -2.31. The molecular formula is C7H7BBr2O3. The zero-order valence-corrected chi connectivity index (χ0v) is 9.96. The highest BCUT2D eigenvalue weighted by Crippen LogP contribution is 2.26. The Kier molecular flexibility index (Phi) is 3.79. The Balaban J connectivity index is 3.22. The Morgan fingerprint density at radius 2 is 1.85 bits per heavy atom. The Morgan fingerprint density at radius 3 is 2.31 bits per heavy atom. The van der Waals surface area contributed by atoms with Crippen LogP contribution in [0.3, 0.4) is 0 Å². The van der Waals surface area contributed by atoms with Gasteiger partial charge in [0.15, 0.2) is 0 Å². The third-order valence-corrected chi connectivity index (χ3v) is 2.86. The zero-order chi connectivity index (χ0) is 10.0. The van der Waals surface area contributed by atoms with E-state index in [2.05, 4.69) is 31.9 Å². The summed E-state index contributed by atoms with van der Waals surface area (Å²) in [6.45, 7) is 0. The second-order valence-corrected chi connectivity index (χ2v) is 4.09. The molecule has 13 heavy (non-hydrogen) atoms. The van der Waals surface area contributed by atoms with E-state index >= 15 is 0 Å². The van der Waals surface area contributed by atoms with E-state index in [1.54, 1.807) is 12.1 Å². The second-order valence-electron chi connectivity index (χ2n) is 2.38. The van der Waals surface area contributed by atoms with Crippen molar-refractivity contribution in [1.82, 2.24) is 0 Å². The summed E-state index contributed by atoms with van der Waals surface area (Å²) < 4.78 is 6.38. The van der Waals surface area contributed by atoms with Crippen molar-refractivity contribution in [3.63, 3.8) is 0 Å². The number of hydrogen-bond donors (Lipinski definition) is 2. The van der Waals surface area contributed by atoms with Crippen LogP contribution in [-0.2, 0) is 0 Å². The molecule has 3 nitrogen and oxygen atoms in total. The molecule has 1 aromatic rings. The minimum atomic E-state index is -1.50. The smallest absolute Gasteiger partial charge is 0.489 e. The number of rotatable bonds is 2. The first-order chi connectivity index (χ1) is 6.06. The Hall–Kier alpha value is -0.0351. The molecule has 2 N–H and O–H groups in total. The van der Waals surface area contributed by atoms with E-state index in [9.17, 15) is 0 Å². The molecule has 0 atom stereocenters. The van der Waals surface area contributed by atoms with Crippen molar-refractivity contribution in [1.29, 1.82) is 0 Å². The maximum atomic E-state index is 8.97. The maximum Gasteiger partial charge on any atom is 0.489 e. The van der Waals surface area contributed by atoms with Gasteiger partial charge in [0.05, 0.1) is 11.6 Å². The van der Waals surface area contributed by atoms with Gasteiger partial charge in [-0.25, -0.2) is 0 Å². The molecule has 6 heteroatoms. The van der Waals surface area contributed by atoms with Gasteiger partial charge in [-0.15, -0.1) is 0 Å². The van der Waals surface area contributed by atoms with E-state index in [4.69, 9.17) is 14.8 Å². The van der Waals surface area contributed by atoms with E-state index < -0.39 is 7.12 Å². The van der Waals surface area contributed by atoms with E-state index in [1.165, 1.54) is 7.11 Å². The van der Waals surface area contributed by atoms with Crippen molar-refractivity contribution in [3.05, 3.63) is 21.1 Å². The number of methoxy groups -OCH3 is 1. The first-order valence-corrected chi connectivity index (χ1v) is 5.04. The van der Waals surface area contributed by atoms with Crippen molar-refractivity contribution in [2.24, 2.45) is 0 Å². The zero-order valence-electron chi connectivity index (χ0n) is 6.79. The molecule has 0 bridgehead atoms. The highest BCUT2D eigenvalue weighted by molar-refractivity contribution is 9.11. The van der Waals surface area contributed by atoms with Gasteiger partial charge in [0, 0.05) is 4.47 Å². The first-order valence-electron chi connectivity index (χ1n) is 3.45. The number of hydrogen-bond acceptors (Lipinski definition) is 3. The van der Waals surface area contributed by atoms with Crippen LogP contribution in [0.2, 0.25) is 0 Å². The van der Waals surface area contributed by atoms with Crippen LogP contribution in [0.25, 0.3) is 0 Å². The van der Waals surface area contributed by atoms with E-state index in [-0.39, 0.29) is 0 Å². The van der Waals surface area contributed by atoms with E-state index in [0.717, 1.165) is 4.47 Å². The summed E-state index contributed by atoms with van der Waals surface area (Å²) in [7, 11) is 0.0121. The molecule has 0 unspecified atom stereocenters. The molecule has 0 aliphatic rings. The third kappa shape index (κ3) is 2.46. The van der Waals surface area contributed by atoms with Gasteiger partial charge in [-0.05, 0) is 33.5 Å². The molecule has 0 radical (unpaired) electrons. The fourth-order valence-electron chi connectivity index (χ4n) is 0.899. The molecule has 70 valence electrons. The van der Waals surface area contributed by atoms with Crippen molar-refractivity contribution < 1.29 is 14.8 Å².